The molecule has 0 aliphatic carbocycles. The van der Waals surface area contributed by atoms with Crippen molar-refractivity contribution in [2.24, 2.45) is 0 Å². The lowest BCUT2D eigenvalue weighted by Gasteiger charge is -2.24. The number of likely N-dealkylation sites (N-methyl/N-ethyl adjacent to an activating group) is 1. The number of anilines is 1. The molecule has 1 aliphatic heterocycles. The summed E-state index contributed by atoms with van der Waals surface area (Å²) in [6.07, 6.45) is 0.632. The van der Waals surface area contributed by atoms with Crippen LogP contribution in [-0.4, -0.2) is 43.0 Å². The number of carbonyl (C=O) groups excluding carboxylic acids is 2. The summed E-state index contributed by atoms with van der Waals surface area (Å²) < 4.78 is 5.40. The van der Waals surface area contributed by atoms with Crippen molar-refractivity contribution >= 4 is 17.5 Å². The Morgan fingerprint density at radius 1 is 1.16 bits per heavy atom. The molecule has 2 aromatic rings. The van der Waals surface area contributed by atoms with Crippen LogP contribution in [0.3, 0.4) is 0 Å². The number of rotatable bonds is 5. The van der Waals surface area contributed by atoms with Gasteiger partial charge >= 0.3 is 0 Å². The zero-order chi connectivity index (χ0) is 17.8. The zero-order valence-electron chi connectivity index (χ0n) is 14.5. The second-order valence-corrected chi connectivity index (χ2v) is 6.00. The van der Waals surface area contributed by atoms with Gasteiger partial charge in [-0.25, -0.2) is 0 Å². The minimum Gasteiger partial charge on any atom is -0.494 e. The lowest BCUT2D eigenvalue weighted by molar-refractivity contribution is -0.120. The Morgan fingerprint density at radius 2 is 1.84 bits per heavy atom. The lowest BCUT2D eigenvalue weighted by atomic mass is 10.1. The molecule has 1 aliphatic rings. The normalized spacial score (nSPS) is 16.8. The minimum absolute atomic E-state index is 0.0343. The standard InChI is InChI=1S/C20H22N2O3/c1-3-25-17-11-9-15(10-12-17)19(23)21(2)18-13-14-22(20(18)24)16-7-5-4-6-8-16/h4-12,18H,3,13-14H2,1-2H3. The van der Waals surface area contributed by atoms with Crippen LogP contribution in [0.4, 0.5) is 5.69 Å². The van der Waals surface area contributed by atoms with Crippen molar-refractivity contribution in [1.29, 1.82) is 0 Å². The van der Waals surface area contributed by atoms with Gasteiger partial charge in [-0.2, -0.15) is 0 Å². The third-order valence-electron chi connectivity index (χ3n) is 4.45. The summed E-state index contributed by atoms with van der Waals surface area (Å²) in [6, 6.07) is 16.1. The highest BCUT2D eigenvalue weighted by atomic mass is 16.5. The van der Waals surface area contributed by atoms with Gasteiger partial charge in [0.15, 0.2) is 0 Å². The number of ether oxygens (including phenoxy) is 1. The van der Waals surface area contributed by atoms with Gasteiger partial charge in [-0.05, 0) is 49.7 Å². The number of carbonyl (C=O) groups is 2. The van der Waals surface area contributed by atoms with Gasteiger partial charge in [0.1, 0.15) is 11.8 Å². The topological polar surface area (TPSA) is 49.9 Å². The molecule has 2 amide bonds. The van der Waals surface area contributed by atoms with Crippen molar-refractivity contribution in [2.75, 3.05) is 25.1 Å². The zero-order valence-corrected chi connectivity index (χ0v) is 14.5. The molecule has 25 heavy (non-hydrogen) atoms. The van der Waals surface area contributed by atoms with E-state index >= 15 is 0 Å². The minimum atomic E-state index is -0.431. The van der Waals surface area contributed by atoms with Crippen LogP contribution in [0.15, 0.2) is 54.6 Å². The molecule has 3 rings (SSSR count). The Labute approximate surface area is 147 Å². The number of para-hydroxylation sites is 1. The quantitative estimate of drug-likeness (QED) is 0.842. The predicted octanol–water partition coefficient (Wildman–Crippen LogP) is 2.96. The molecule has 1 saturated heterocycles. The number of hydrogen-bond acceptors (Lipinski definition) is 3. The molecule has 0 bridgehead atoms. The number of hydrogen-bond donors (Lipinski definition) is 0. The van der Waals surface area contributed by atoms with Gasteiger partial charge < -0.3 is 14.5 Å². The van der Waals surface area contributed by atoms with E-state index in [0.717, 1.165) is 11.4 Å². The Bertz CT molecular complexity index is 743. The average Bonchev–Trinajstić information content (AvgIpc) is 3.03. The van der Waals surface area contributed by atoms with Gasteiger partial charge in [-0.1, -0.05) is 18.2 Å². The fourth-order valence-electron chi connectivity index (χ4n) is 3.09. The van der Waals surface area contributed by atoms with E-state index in [9.17, 15) is 9.59 Å². The molecule has 1 unspecified atom stereocenters. The molecule has 1 fully saturated rings. The van der Waals surface area contributed by atoms with E-state index in [2.05, 4.69) is 0 Å². The SMILES string of the molecule is CCOc1ccc(C(=O)N(C)C2CCN(c3ccccc3)C2=O)cc1. The van der Waals surface area contributed by atoms with Crippen molar-refractivity contribution < 1.29 is 14.3 Å². The second kappa shape index (κ2) is 7.38. The summed E-state index contributed by atoms with van der Waals surface area (Å²) in [4.78, 5) is 28.7. The van der Waals surface area contributed by atoms with Gasteiger partial charge in [0, 0.05) is 24.8 Å². The molecule has 0 aromatic heterocycles. The molecule has 0 saturated carbocycles. The van der Waals surface area contributed by atoms with Crippen LogP contribution >= 0.6 is 0 Å². The van der Waals surface area contributed by atoms with Gasteiger partial charge in [-0.15, -0.1) is 0 Å². The van der Waals surface area contributed by atoms with Gasteiger partial charge in [-0.3, -0.25) is 9.59 Å². The lowest BCUT2D eigenvalue weighted by Crippen LogP contribution is -2.43. The predicted molar refractivity (Wildman–Crippen MR) is 96.9 cm³/mol. The molecule has 130 valence electrons. The third-order valence-corrected chi connectivity index (χ3v) is 4.45. The van der Waals surface area contributed by atoms with E-state index in [1.54, 1.807) is 41.1 Å². The fourth-order valence-corrected chi connectivity index (χ4v) is 3.09. The number of nitrogens with zero attached hydrogens (tertiary/aromatic N) is 2. The number of benzene rings is 2. The smallest absolute Gasteiger partial charge is 0.254 e. The van der Waals surface area contributed by atoms with Crippen molar-refractivity contribution in [3.05, 3.63) is 60.2 Å². The molecule has 0 radical (unpaired) electrons. The molecule has 1 heterocycles. The van der Waals surface area contributed by atoms with Crippen LogP contribution in [0.25, 0.3) is 0 Å². The van der Waals surface area contributed by atoms with Gasteiger partial charge in [0.2, 0.25) is 5.91 Å². The molecule has 5 heteroatoms. The van der Waals surface area contributed by atoms with Crippen LogP contribution < -0.4 is 9.64 Å². The summed E-state index contributed by atoms with van der Waals surface area (Å²) in [5.74, 6) is 0.540. The van der Waals surface area contributed by atoms with Crippen molar-refractivity contribution in [1.82, 2.24) is 4.90 Å². The maximum Gasteiger partial charge on any atom is 0.254 e. The largest absolute Gasteiger partial charge is 0.494 e. The third kappa shape index (κ3) is 3.50. The maximum absolute atomic E-state index is 12.7. The summed E-state index contributed by atoms with van der Waals surface area (Å²) in [7, 11) is 1.69. The maximum atomic E-state index is 12.7. The summed E-state index contributed by atoms with van der Waals surface area (Å²) in [5.41, 5.74) is 1.42. The van der Waals surface area contributed by atoms with Crippen LogP contribution in [0.1, 0.15) is 23.7 Å². The summed E-state index contributed by atoms with van der Waals surface area (Å²) in [6.45, 7) is 3.12. The Morgan fingerprint density at radius 3 is 2.48 bits per heavy atom. The number of amides is 2. The van der Waals surface area contributed by atoms with Crippen molar-refractivity contribution in [3.8, 4) is 5.75 Å². The molecule has 1 atom stereocenters. The van der Waals surface area contributed by atoms with Crippen LogP contribution in [0, 0.1) is 0 Å². The van der Waals surface area contributed by atoms with E-state index in [1.165, 1.54) is 0 Å². The first kappa shape index (κ1) is 17.0. The molecule has 0 spiro atoms. The van der Waals surface area contributed by atoms with E-state index < -0.39 is 6.04 Å². The van der Waals surface area contributed by atoms with E-state index in [0.29, 0.717) is 25.1 Å². The fraction of sp³-hybridized carbons (Fsp3) is 0.300. The van der Waals surface area contributed by atoms with Crippen LogP contribution in [-0.2, 0) is 4.79 Å². The highest BCUT2D eigenvalue weighted by Gasteiger charge is 2.37. The highest BCUT2D eigenvalue weighted by Crippen LogP contribution is 2.24. The highest BCUT2D eigenvalue weighted by molar-refractivity contribution is 6.03. The van der Waals surface area contributed by atoms with Gasteiger partial charge in [0.25, 0.3) is 5.91 Å². The first-order valence-electron chi connectivity index (χ1n) is 8.48. The second-order valence-electron chi connectivity index (χ2n) is 6.00. The molecular formula is C20H22N2O3. The molecule has 0 N–H and O–H groups in total. The first-order chi connectivity index (χ1) is 12.1. The van der Waals surface area contributed by atoms with E-state index in [-0.39, 0.29) is 11.8 Å². The monoisotopic (exact) mass is 338 g/mol. The van der Waals surface area contributed by atoms with Crippen LogP contribution in [0.5, 0.6) is 5.75 Å². The Balaban J connectivity index is 1.71. The molecule has 2 aromatic carbocycles. The van der Waals surface area contributed by atoms with Crippen LogP contribution in [0.2, 0.25) is 0 Å². The molecule has 5 nitrogen and oxygen atoms in total. The van der Waals surface area contributed by atoms with E-state index in [1.807, 2.05) is 37.3 Å². The summed E-state index contributed by atoms with van der Waals surface area (Å²) in [5, 5.41) is 0. The van der Waals surface area contributed by atoms with E-state index in [4.69, 9.17) is 4.74 Å². The first-order valence-corrected chi connectivity index (χ1v) is 8.48. The van der Waals surface area contributed by atoms with Crippen molar-refractivity contribution in [3.63, 3.8) is 0 Å². The van der Waals surface area contributed by atoms with Gasteiger partial charge in [0.05, 0.1) is 6.61 Å². The molecular weight excluding hydrogens is 316 g/mol. The summed E-state index contributed by atoms with van der Waals surface area (Å²) >= 11 is 0. The average molecular weight is 338 g/mol. The Kier molecular flexibility index (Phi) is 5.03. The Hall–Kier alpha value is -2.82. The van der Waals surface area contributed by atoms with Crippen molar-refractivity contribution in [2.45, 2.75) is 19.4 Å².